The number of ether oxygens (including phenoxy) is 2. The largest absolute Gasteiger partial charge is 0.496 e. The maximum atomic E-state index is 12.5. The van der Waals surface area contributed by atoms with E-state index in [-0.39, 0.29) is 11.8 Å². The van der Waals surface area contributed by atoms with Crippen LogP contribution in [0.25, 0.3) is 0 Å². The molecule has 1 N–H and O–H groups in total. The lowest BCUT2D eigenvalue weighted by Crippen LogP contribution is -2.30. The van der Waals surface area contributed by atoms with Crippen molar-refractivity contribution in [2.75, 3.05) is 20.8 Å². The molecule has 1 heterocycles. The summed E-state index contributed by atoms with van der Waals surface area (Å²) in [6.45, 7) is 9.34. The van der Waals surface area contributed by atoms with Crippen LogP contribution in [-0.2, 0) is 6.54 Å². The van der Waals surface area contributed by atoms with Gasteiger partial charge < -0.3 is 14.8 Å². The van der Waals surface area contributed by atoms with E-state index in [2.05, 4.69) is 23.4 Å². The Hall–Kier alpha value is -2.50. The molecule has 0 aliphatic rings. The van der Waals surface area contributed by atoms with Gasteiger partial charge in [-0.2, -0.15) is 5.10 Å². The molecule has 1 aromatic heterocycles. The summed E-state index contributed by atoms with van der Waals surface area (Å²) in [5.41, 5.74) is 3.54. The Labute approximate surface area is 149 Å². The van der Waals surface area contributed by atoms with E-state index in [1.165, 1.54) is 0 Å². The van der Waals surface area contributed by atoms with E-state index in [4.69, 9.17) is 9.47 Å². The molecule has 1 unspecified atom stereocenters. The fraction of sp³-hybridized carbons (Fsp3) is 0.474. The molecule has 0 saturated carbocycles. The molecule has 6 heteroatoms. The normalized spacial score (nSPS) is 11.9. The predicted octanol–water partition coefficient (Wildman–Crippen LogP) is 2.89. The van der Waals surface area contributed by atoms with E-state index in [1.54, 1.807) is 26.4 Å². The van der Waals surface area contributed by atoms with Gasteiger partial charge in [0.15, 0.2) is 0 Å². The summed E-state index contributed by atoms with van der Waals surface area (Å²) in [5.74, 6) is 1.40. The zero-order valence-corrected chi connectivity index (χ0v) is 15.8. The molecule has 0 saturated heterocycles. The average molecular weight is 345 g/mol. The monoisotopic (exact) mass is 345 g/mol. The first-order valence-corrected chi connectivity index (χ1v) is 8.37. The Balaban J connectivity index is 2.01. The lowest BCUT2D eigenvalue weighted by Gasteiger charge is -2.15. The van der Waals surface area contributed by atoms with Crippen LogP contribution in [0.3, 0.4) is 0 Å². The predicted molar refractivity (Wildman–Crippen MR) is 97.5 cm³/mol. The van der Waals surface area contributed by atoms with Crippen molar-refractivity contribution >= 4 is 5.91 Å². The van der Waals surface area contributed by atoms with Gasteiger partial charge in [0.05, 0.1) is 19.9 Å². The Morgan fingerprint density at radius 3 is 2.24 bits per heavy atom. The molecule has 2 aromatic rings. The number of aryl methyl sites for hydroxylation is 2. The van der Waals surface area contributed by atoms with E-state index in [0.717, 1.165) is 23.5 Å². The molecule has 1 amide bonds. The number of carbonyl (C=O) groups excluding carboxylic acids is 1. The SMILES string of the molecule is COc1cc(C(=O)NCC(C)Cn2nc(C)cc2C)cc(OC)c1C. The fourth-order valence-corrected chi connectivity index (χ4v) is 2.81. The first kappa shape index (κ1) is 18.8. The molecule has 0 aliphatic carbocycles. The van der Waals surface area contributed by atoms with Gasteiger partial charge in [0.2, 0.25) is 0 Å². The van der Waals surface area contributed by atoms with E-state index >= 15 is 0 Å². The van der Waals surface area contributed by atoms with E-state index in [0.29, 0.717) is 23.6 Å². The van der Waals surface area contributed by atoms with Gasteiger partial charge in [-0.1, -0.05) is 6.92 Å². The molecule has 0 bridgehead atoms. The molecule has 1 aromatic carbocycles. The minimum absolute atomic E-state index is 0.142. The second kappa shape index (κ2) is 8.05. The second-order valence-corrected chi connectivity index (χ2v) is 6.43. The number of rotatable bonds is 7. The van der Waals surface area contributed by atoms with Gasteiger partial charge in [0, 0.05) is 29.9 Å². The van der Waals surface area contributed by atoms with Crippen molar-refractivity contribution in [1.29, 1.82) is 0 Å². The molecule has 0 radical (unpaired) electrons. The summed E-state index contributed by atoms with van der Waals surface area (Å²) >= 11 is 0. The number of nitrogens with zero attached hydrogens (tertiary/aromatic N) is 2. The molecule has 136 valence electrons. The third-order valence-corrected chi connectivity index (χ3v) is 4.21. The van der Waals surface area contributed by atoms with E-state index in [1.807, 2.05) is 25.5 Å². The maximum absolute atomic E-state index is 12.5. The van der Waals surface area contributed by atoms with Crippen molar-refractivity contribution in [3.05, 3.63) is 40.7 Å². The molecular formula is C19H27N3O3. The Morgan fingerprint density at radius 2 is 1.76 bits per heavy atom. The van der Waals surface area contributed by atoms with Crippen LogP contribution in [0.5, 0.6) is 11.5 Å². The molecule has 2 rings (SSSR count). The van der Waals surface area contributed by atoms with Crippen molar-refractivity contribution < 1.29 is 14.3 Å². The van der Waals surface area contributed by atoms with Crippen LogP contribution < -0.4 is 14.8 Å². The average Bonchev–Trinajstić information content (AvgIpc) is 2.90. The molecule has 25 heavy (non-hydrogen) atoms. The molecular weight excluding hydrogens is 318 g/mol. The third-order valence-electron chi connectivity index (χ3n) is 4.21. The van der Waals surface area contributed by atoms with Crippen LogP contribution in [0.2, 0.25) is 0 Å². The third kappa shape index (κ3) is 4.53. The molecule has 1 atom stereocenters. The second-order valence-electron chi connectivity index (χ2n) is 6.43. The zero-order valence-electron chi connectivity index (χ0n) is 15.8. The lowest BCUT2D eigenvalue weighted by atomic mass is 10.1. The van der Waals surface area contributed by atoms with Gasteiger partial charge in [-0.3, -0.25) is 9.48 Å². The minimum Gasteiger partial charge on any atom is -0.496 e. The maximum Gasteiger partial charge on any atom is 0.251 e. The van der Waals surface area contributed by atoms with Crippen LogP contribution in [0.15, 0.2) is 18.2 Å². The topological polar surface area (TPSA) is 65.4 Å². The highest BCUT2D eigenvalue weighted by Gasteiger charge is 2.15. The van der Waals surface area contributed by atoms with Crippen molar-refractivity contribution in [3.8, 4) is 11.5 Å². The highest BCUT2D eigenvalue weighted by molar-refractivity contribution is 5.95. The van der Waals surface area contributed by atoms with Gasteiger partial charge in [0.25, 0.3) is 5.91 Å². The van der Waals surface area contributed by atoms with Crippen molar-refractivity contribution in [2.45, 2.75) is 34.2 Å². The fourth-order valence-electron chi connectivity index (χ4n) is 2.81. The number of nitrogens with one attached hydrogen (secondary N) is 1. The van der Waals surface area contributed by atoms with E-state index in [9.17, 15) is 4.79 Å². The summed E-state index contributed by atoms with van der Waals surface area (Å²) in [4.78, 5) is 12.5. The number of benzene rings is 1. The first-order chi connectivity index (χ1) is 11.8. The molecule has 6 nitrogen and oxygen atoms in total. The van der Waals surface area contributed by atoms with Crippen molar-refractivity contribution in [3.63, 3.8) is 0 Å². The summed E-state index contributed by atoms with van der Waals surface area (Å²) in [6, 6.07) is 5.52. The Kier molecular flexibility index (Phi) is 6.07. The summed E-state index contributed by atoms with van der Waals surface area (Å²) in [5, 5.41) is 7.44. The standard InChI is InChI=1S/C19H27N3O3/c1-12(11-22-14(3)7-13(2)21-22)10-20-19(23)16-8-17(24-5)15(4)18(9-16)25-6/h7-9,12H,10-11H2,1-6H3,(H,20,23). The van der Waals surface area contributed by atoms with Gasteiger partial charge in [-0.15, -0.1) is 0 Å². The highest BCUT2D eigenvalue weighted by atomic mass is 16.5. The minimum atomic E-state index is -0.142. The summed E-state index contributed by atoms with van der Waals surface area (Å²) in [7, 11) is 3.17. The molecule has 0 spiro atoms. The van der Waals surface area contributed by atoms with Gasteiger partial charge >= 0.3 is 0 Å². The van der Waals surface area contributed by atoms with Crippen LogP contribution >= 0.6 is 0 Å². The van der Waals surface area contributed by atoms with Gasteiger partial charge in [0.1, 0.15) is 11.5 Å². The summed E-state index contributed by atoms with van der Waals surface area (Å²) < 4.78 is 12.6. The lowest BCUT2D eigenvalue weighted by molar-refractivity contribution is 0.0945. The number of amides is 1. The summed E-state index contributed by atoms with van der Waals surface area (Å²) in [6.07, 6.45) is 0. The number of aromatic nitrogens is 2. The number of carbonyl (C=O) groups is 1. The first-order valence-electron chi connectivity index (χ1n) is 8.37. The van der Waals surface area contributed by atoms with E-state index < -0.39 is 0 Å². The number of methoxy groups -OCH3 is 2. The van der Waals surface area contributed by atoms with Gasteiger partial charge in [-0.25, -0.2) is 0 Å². The Bertz CT molecular complexity index is 727. The van der Waals surface area contributed by atoms with Gasteiger partial charge in [-0.05, 0) is 44.9 Å². The number of hydrogen-bond acceptors (Lipinski definition) is 4. The van der Waals surface area contributed by atoms with Crippen molar-refractivity contribution in [2.24, 2.45) is 5.92 Å². The molecule has 0 fully saturated rings. The van der Waals surface area contributed by atoms with Crippen molar-refractivity contribution in [1.82, 2.24) is 15.1 Å². The van der Waals surface area contributed by atoms with Crippen LogP contribution in [0, 0.1) is 26.7 Å². The smallest absolute Gasteiger partial charge is 0.251 e. The zero-order chi connectivity index (χ0) is 18.6. The van der Waals surface area contributed by atoms with Crippen LogP contribution in [0.1, 0.15) is 34.2 Å². The Morgan fingerprint density at radius 1 is 1.16 bits per heavy atom. The quantitative estimate of drug-likeness (QED) is 0.838. The number of hydrogen-bond donors (Lipinski definition) is 1. The van der Waals surface area contributed by atoms with Crippen LogP contribution in [-0.4, -0.2) is 36.5 Å². The highest BCUT2D eigenvalue weighted by Crippen LogP contribution is 2.29. The van der Waals surface area contributed by atoms with Crippen LogP contribution in [0.4, 0.5) is 0 Å². The molecule has 0 aliphatic heterocycles.